The van der Waals surface area contributed by atoms with Gasteiger partial charge in [0.1, 0.15) is 0 Å². The van der Waals surface area contributed by atoms with E-state index in [4.69, 9.17) is 0 Å². The van der Waals surface area contributed by atoms with Crippen LogP contribution in [0, 0.1) is 0 Å². The van der Waals surface area contributed by atoms with Crippen molar-refractivity contribution in [2.75, 3.05) is 29.2 Å². The van der Waals surface area contributed by atoms with E-state index in [0.717, 1.165) is 36.2 Å². The van der Waals surface area contributed by atoms with Crippen molar-refractivity contribution in [3.05, 3.63) is 53.1 Å². The van der Waals surface area contributed by atoms with Crippen LogP contribution in [0.25, 0.3) is 0 Å². The van der Waals surface area contributed by atoms with Crippen LogP contribution in [-0.4, -0.2) is 37.3 Å². The standard InChI is InChI=1S/C22H21N3O5/c1-30-22(29)13-4-7-16(8-5-13)23-20(27)21(28)24-17-11-14-3-2-10-25-18(26)9-6-15(12-17)19(14)25/h4-5,7-8,11-12H,2-3,6,9-10H2,1H3,(H,23,27)(H,24,28). The second-order valence-electron chi connectivity index (χ2n) is 7.27. The van der Waals surface area contributed by atoms with Crippen LogP contribution in [-0.2, 0) is 32.0 Å². The first-order valence-electron chi connectivity index (χ1n) is 9.73. The van der Waals surface area contributed by atoms with Gasteiger partial charge in [0.15, 0.2) is 0 Å². The molecule has 2 aromatic rings. The number of ether oxygens (including phenoxy) is 1. The van der Waals surface area contributed by atoms with Gasteiger partial charge in [-0.15, -0.1) is 0 Å². The maximum atomic E-state index is 12.4. The zero-order chi connectivity index (χ0) is 21.3. The predicted octanol–water partition coefficient (Wildman–Crippen LogP) is 2.28. The van der Waals surface area contributed by atoms with Gasteiger partial charge in [0.25, 0.3) is 0 Å². The lowest BCUT2D eigenvalue weighted by atomic mass is 9.91. The van der Waals surface area contributed by atoms with E-state index in [9.17, 15) is 19.2 Å². The van der Waals surface area contributed by atoms with Gasteiger partial charge in [-0.2, -0.15) is 0 Å². The number of anilines is 3. The van der Waals surface area contributed by atoms with E-state index >= 15 is 0 Å². The zero-order valence-corrected chi connectivity index (χ0v) is 16.5. The average molecular weight is 407 g/mol. The molecule has 0 fully saturated rings. The lowest BCUT2D eigenvalue weighted by molar-refractivity contribution is -0.132. The van der Waals surface area contributed by atoms with Crippen molar-refractivity contribution in [1.29, 1.82) is 0 Å². The Kier molecular flexibility index (Phi) is 5.22. The number of methoxy groups -OCH3 is 1. The molecule has 0 bridgehead atoms. The van der Waals surface area contributed by atoms with E-state index in [0.29, 0.717) is 29.8 Å². The minimum atomic E-state index is -0.816. The van der Waals surface area contributed by atoms with Crippen LogP contribution >= 0.6 is 0 Å². The molecule has 154 valence electrons. The molecule has 30 heavy (non-hydrogen) atoms. The van der Waals surface area contributed by atoms with E-state index in [2.05, 4.69) is 15.4 Å². The van der Waals surface area contributed by atoms with Crippen molar-refractivity contribution < 1.29 is 23.9 Å². The first kappa shape index (κ1) is 19.6. The number of carbonyl (C=O) groups is 4. The van der Waals surface area contributed by atoms with Crippen molar-refractivity contribution in [3.63, 3.8) is 0 Å². The summed E-state index contributed by atoms with van der Waals surface area (Å²) in [5, 5.41) is 5.15. The number of aryl methyl sites for hydroxylation is 2. The molecule has 0 aromatic heterocycles. The van der Waals surface area contributed by atoms with E-state index in [1.165, 1.54) is 31.4 Å². The Labute approximate surface area is 173 Å². The van der Waals surface area contributed by atoms with Gasteiger partial charge in [-0.1, -0.05) is 0 Å². The number of nitrogens with one attached hydrogen (secondary N) is 2. The number of benzene rings is 2. The Morgan fingerprint density at radius 1 is 0.900 bits per heavy atom. The SMILES string of the molecule is COC(=O)c1ccc(NC(=O)C(=O)Nc2cc3c4c(c2)CCC(=O)N4CCC3)cc1. The molecule has 0 saturated carbocycles. The fourth-order valence-electron chi connectivity index (χ4n) is 3.91. The average Bonchev–Trinajstić information content (AvgIpc) is 2.76. The highest BCUT2D eigenvalue weighted by Crippen LogP contribution is 2.37. The lowest BCUT2D eigenvalue weighted by Gasteiger charge is -2.35. The minimum absolute atomic E-state index is 0.137. The third-order valence-corrected chi connectivity index (χ3v) is 5.30. The van der Waals surface area contributed by atoms with E-state index in [1.54, 1.807) is 0 Å². The van der Waals surface area contributed by atoms with Gasteiger partial charge in [-0.05, 0) is 66.8 Å². The predicted molar refractivity (Wildman–Crippen MR) is 110 cm³/mol. The number of hydrogen-bond acceptors (Lipinski definition) is 5. The van der Waals surface area contributed by atoms with Crippen LogP contribution in [0.15, 0.2) is 36.4 Å². The van der Waals surface area contributed by atoms with E-state index in [-0.39, 0.29) is 5.91 Å². The molecule has 8 heteroatoms. The molecular weight excluding hydrogens is 386 g/mol. The minimum Gasteiger partial charge on any atom is -0.465 e. The maximum absolute atomic E-state index is 12.4. The molecule has 2 aliphatic heterocycles. The lowest BCUT2D eigenvalue weighted by Crippen LogP contribution is -2.39. The summed E-state index contributed by atoms with van der Waals surface area (Å²) in [4.78, 5) is 50.1. The van der Waals surface area contributed by atoms with Crippen LogP contribution in [0.4, 0.5) is 17.1 Å². The normalized spacial score (nSPS) is 14.6. The van der Waals surface area contributed by atoms with Crippen LogP contribution in [0.2, 0.25) is 0 Å². The van der Waals surface area contributed by atoms with E-state index < -0.39 is 17.8 Å². The molecule has 4 rings (SSSR count). The molecule has 8 nitrogen and oxygen atoms in total. The van der Waals surface area contributed by atoms with Gasteiger partial charge in [0.2, 0.25) is 5.91 Å². The monoisotopic (exact) mass is 407 g/mol. The molecule has 2 heterocycles. The van der Waals surface area contributed by atoms with E-state index in [1.807, 2.05) is 17.0 Å². The highest BCUT2D eigenvalue weighted by Gasteiger charge is 2.30. The van der Waals surface area contributed by atoms with Crippen molar-refractivity contribution in [3.8, 4) is 0 Å². The van der Waals surface area contributed by atoms with Crippen molar-refractivity contribution in [1.82, 2.24) is 0 Å². The molecule has 0 saturated heterocycles. The van der Waals surface area contributed by atoms with Gasteiger partial charge in [-0.25, -0.2) is 4.79 Å². The maximum Gasteiger partial charge on any atom is 0.337 e. The Balaban J connectivity index is 1.46. The summed E-state index contributed by atoms with van der Waals surface area (Å²) in [6, 6.07) is 9.71. The van der Waals surface area contributed by atoms with Gasteiger partial charge < -0.3 is 20.3 Å². The number of amides is 3. The summed E-state index contributed by atoms with van der Waals surface area (Å²) in [5.41, 5.74) is 4.27. The highest BCUT2D eigenvalue weighted by molar-refractivity contribution is 6.43. The smallest absolute Gasteiger partial charge is 0.337 e. The first-order valence-corrected chi connectivity index (χ1v) is 9.73. The first-order chi connectivity index (χ1) is 14.5. The molecule has 0 aliphatic carbocycles. The summed E-state index contributed by atoms with van der Waals surface area (Å²) in [5.74, 6) is -1.96. The number of carbonyl (C=O) groups excluding carboxylic acids is 4. The van der Waals surface area contributed by atoms with Crippen molar-refractivity contribution >= 4 is 40.8 Å². The van der Waals surface area contributed by atoms with Crippen molar-refractivity contribution in [2.24, 2.45) is 0 Å². The Morgan fingerprint density at radius 3 is 2.20 bits per heavy atom. The molecule has 2 aromatic carbocycles. The fourth-order valence-corrected chi connectivity index (χ4v) is 3.91. The van der Waals surface area contributed by atoms with Gasteiger partial charge in [-0.3, -0.25) is 14.4 Å². The number of esters is 1. The third kappa shape index (κ3) is 3.76. The van der Waals surface area contributed by atoms with Crippen LogP contribution in [0.3, 0.4) is 0 Å². The molecule has 3 amide bonds. The molecule has 2 N–H and O–H groups in total. The van der Waals surface area contributed by atoms with Crippen LogP contribution < -0.4 is 15.5 Å². The Bertz CT molecular complexity index is 1030. The summed E-state index contributed by atoms with van der Waals surface area (Å²) in [7, 11) is 1.28. The summed E-state index contributed by atoms with van der Waals surface area (Å²) in [6.07, 6.45) is 2.78. The molecule has 0 radical (unpaired) electrons. The third-order valence-electron chi connectivity index (χ3n) is 5.30. The van der Waals surface area contributed by atoms with Gasteiger partial charge >= 0.3 is 17.8 Å². The molecule has 2 aliphatic rings. The van der Waals surface area contributed by atoms with Crippen molar-refractivity contribution in [2.45, 2.75) is 25.7 Å². The topological polar surface area (TPSA) is 105 Å². The molecule has 0 unspecified atom stereocenters. The quantitative estimate of drug-likeness (QED) is 0.600. The van der Waals surface area contributed by atoms with Gasteiger partial charge in [0.05, 0.1) is 18.4 Å². The number of nitrogens with zero attached hydrogens (tertiary/aromatic N) is 1. The van der Waals surface area contributed by atoms with Crippen LogP contribution in [0.1, 0.15) is 34.3 Å². The zero-order valence-electron chi connectivity index (χ0n) is 16.5. The highest BCUT2D eigenvalue weighted by atomic mass is 16.5. The summed E-state index contributed by atoms with van der Waals surface area (Å²) in [6.45, 7) is 0.724. The Morgan fingerprint density at radius 2 is 1.53 bits per heavy atom. The largest absolute Gasteiger partial charge is 0.465 e. The molecular formula is C22H21N3O5. The summed E-state index contributed by atoms with van der Waals surface area (Å²) >= 11 is 0. The second-order valence-corrected chi connectivity index (χ2v) is 7.27. The van der Waals surface area contributed by atoms with Gasteiger partial charge in [0, 0.05) is 24.3 Å². The van der Waals surface area contributed by atoms with Crippen LogP contribution in [0.5, 0.6) is 0 Å². The molecule has 0 spiro atoms. The summed E-state index contributed by atoms with van der Waals surface area (Å²) < 4.78 is 4.62. The Hall–Kier alpha value is -3.68. The fraction of sp³-hybridized carbons (Fsp3) is 0.273. The second kappa shape index (κ2) is 7.98. The number of hydrogen-bond donors (Lipinski definition) is 2. The molecule has 0 atom stereocenters. The number of rotatable bonds is 3.